The first-order valence-corrected chi connectivity index (χ1v) is 10.4. The molecule has 0 saturated heterocycles. The van der Waals surface area contributed by atoms with Gasteiger partial charge in [-0.2, -0.15) is 0 Å². The molecule has 0 aliphatic heterocycles. The predicted molar refractivity (Wildman–Crippen MR) is 103 cm³/mol. The minimum absolute atomic E-state index is 0.00983. The number of carbonyl (C=O) groups excluding carboxylic acids is 1. The number of sulfonamides is 1. The SMILES string of the molecule is CS(=O)(=O)N(CCCC(=O)Nc1ccc(F)c(F)c1)c1cc(Cl)ccc1Cl. The molecule has 0 heterocycles. The molecule has 0 aromatic heterocycles. The fourth-order valence-electron chi connectivity index (χ4n) is 2.32. The Labute approximate surface area is 165 Å². The van der Waals surface area contributed by atoms with Crippen LogP contribution in [0.1, 0.15) is 12.8 Å². The Balaban J connectivity index is 2.02. The van der Waals surface area contributed by atoms with Crippen LogP contribution >= 0.6 is 23.2 Å². The van der Waals surface area contributed by atoms with Crippen molar-refractivity contribution in [2.24, 2.45) is 0 Å². The third-order valence-electron chi connectivity index (χ3n) is 3.55. The van der Waals surface area contributed by atoms with E-state index in [1.54, 1.807) is 0 Å². The van der Waals surface area contributed by atoms with E-state index in [-0.39, 0.29) is 35.8 Å². The van der Waals surface area contributed by atoms with E-state index in [0.29, 0.717) is 5.02 Å². The molecule has 0 unspecified atom stereocenters. The van der Waals surface area contributed by atoms with E-state index in [9.17, 15) is 22.0 Å². The van der Waals surface area contributed by atoms with Gasteiger partial charge in [0, 0.05) is 29.7 Å². The summed E-state index contributed by atoms with van der Waals surface area (Å²) < 4.78 is 51.3. The van der Waals surface area contributed by atoms with E-state index in [1.165, 1.54) is 24.3 Å². The van der Waals surface area contributed by atoms with Crippen LogP contribution in [-0.2, 0) is 14.8 Å². The van der Waals surface area contributed by atoms with Gasteiger partial charge in [0.2, 0.25) is 15.9 Å². The van der Waals surface area contributed by atoms with Gasteiger partial charge in [-0.05, 0) is 36.8 Å². The Kier molecular flexibility index (Phi) is 7.02. The van der Waals surface area contributed by atoms with Gasteiger partial charge in [0.25, 0.3) is 0 Å². The molecule has 2 aromatic rings. The molecule has 0 aliphatic carbocycles. The summed E-state index contributed by atoms with van der Waals surface area (Å²) in [7, 11) is -3.66. The molecule has 1 N–H and O–H groups in total. The number of halogens is 4. The van der Waals surface area contributed by atoms with Crippen LogP contribution in [0.15, 0.2) is 36.4 Å². The molecular formula is C17H16Cl2F2N2O3S. The molecule has 146 valence electrons. The van der Waals surface area contributed by atoms with E-state index in [4.69, 9.17) is 23.2 Å². The quantitative estimate of drug-likeness (QED) is 0.696. The molecule has 10 heteroatoms. The predicted octanol–water partition coefficient (Wildman–Crippen LogP) is 4.46. The second-order valence-electron chi connectivity index (χ2n) is 5.71. The fourth-order valence-corrected chi connectivity index (χ4v) is 3.73. The Bertz CT molecular complexity index is 955. The molecule has 27 heavy (non-hydrogen) atoms. The van der Waals surface area contributed by atoms with Crippen LogP contribution in [0.2, 0.25) is 10.0 Å². The lowest BCUT2D eigenvalue weighted by molar-refractivity contribution is -0.116. The zero-order valence-electron chi connectivity index (χ0n) is 14.2. The summed E-state index contributed by atoms with van der Waals surface area (Å²) in [5.74, 6) is -2.56. The average molecular weight is 437 g/mol. The Hall–Kier alpha value is -1.90. The first-order chi connectivity index (χ1) is 12.6. The summed E-state index contributed by atoms with van der Waals surface area (Å²) >= 11 is 12.0. The van der Waals surface area contributed by atoms with Crippen LogP contribution in [0.3, 0.4) is 0 Å². The van der Waals surface area contributed by atoms with Gasteiger partial charge in [-0.1, -0.05) is 23.2 Å². The zero-order chi connectivity index (χ0) is 20.2. The number of hydrogen-bond acceptors (Lipinski definition) is 3. The molecule has 2 aromatic carbocycles. The molecule has 0 fully saturated rings. The Morgan fingerprint density at radius 2 is 1.81 bits per heavy atom. The number of carbonyl (C=O) groups is 1. The monoisotopic (exact) mass is 436 g/mol. The zero-order valence-corrected chi connectivity index (χ0v) is 16.5. The van der Waals surface area contributed by atoms with E-state index in [0.717, 1.165) is 22.7 Å². The normalized spacial score (nSPS) is 11.3. The van der Waals surface area contributed by atoms with Crippen LogP contribution < -0.4 is 9.62 Å². The number of nitrogens with one attached hydrogen (secondary N) is 1. The van der Waals surface area contributed by atoms with Crippen molar-refractivity contribution in [3.63, 3.8) is 0 Å². The van der Waals surface area contributed by atoms with Crippen molar-refractivity contribution < 1.29 is 22.0 Å². The highest BCUT2D eigenvalue weighted by Gasteiger charge is 2.20. The van der Waals surface area contributed by atoms with Gasteiger partial charge < -0.3 is 5.32 Å². The molecule has 5 nitrogen and oxygen atoms in total. The molecule has 0 spiro atoms. The number of nitrogens with zero attached hydrogens (tertiary/aromatic N) is 1. The Morgan fingerprint density at radius 1 is 1.11 bits per heavy atom. The molecule has 0 atom stereocenters. The minimum atomic E-state index is -3.66. The number of anilines is 2. The van der Waals surface area contributed by atoms with Crippen LogP contribution in [0.25, 0.3) is 0 Å². The van der Waals surface area contributed by atoms with Gasteiger partial charge in [-0.3, -0.25) is 9.10 Å². The molecule has 0 aliphatic rings. The van der Waals surface area contributed by atoms with E-state index in [2.05, 4.69) is 5.32 Å². The van der Waals surface area contributed by atoms with Gasteiger partial charge in [0.15, 0.2) is 11.6 Å². The lowest BCUT2D eigenvalue weighted by atomic mass is 10.2. The summed E-state index contributed by atoms with van der Waals surface area (Å²) in [6.07, 6.45) is 1.15. The maximum Gasteiger partial charge on any atom is 0.232 e. The topological polar surface area (TPSA) is 66.5 Å². The maximum atomic E-state index is 13.2. The highest BCUT2D eigenvalue weighted by molar-refractivity contribution is 7.92. The first kappa shape index (κ1) is 21.4. The summed E-state index contributed by atoms with van der Waals surface area (Å²) in [6.45, 7) is -0.00983. The third kappa shape index (κ3) is 6.05. The standard InChI is InChI=1S/C17H16Cl2F2N2O3S/c1-27(25,26)23(16-9-11(18)4-6-13(16)19)8-2-3-17(24)22-12-5-7-14(20)15(21)10-12/h4-7,9-10H,2-3,8H2,1H3,(H,22,24). The van der Waals surface area contributed by atoms with Crippen molar-refractivity contribution in [1.82, 2.24) is 0 Å². The number of hydrogen-bond donors (Lipinski definition) is 1. The van der Waals surface area contributed by atoms with E-state index in [1.807, 2.05) is 0 Å². The molecule has 0 bridgehead atoms. The molecule has 1 amide bonds. The van der Waals surface area contributed by atoms with Crippen molar-refractivity contribution in [3.05, 3.63) is 58.1 Å². The van der Waals surface area contributed by atoms with Gasteiger partial charge in [-0.15, -0.1) is 0 Å². The summed E-state index contributed by atoms with van der Waals surface area (Å²) in [5.41, 5.74) is 0.324. The number of amides is 1. The van der Waals surface area contributed by atoms with Crippen LogP contribution in [0.4, 0.5) is 20.2 Å². The van der Waals surface area contributed by atoms with Crippen LogP contribution in [0, 0.1) is 11.6 Å². The molecule has 0 radical (unpaired) electrons. The van der Waals surface area contributed by atoms with E-state index < -0.39 is 27.6 Å². The largest absolute Gasteiger partial charge is 0.326 e. The van der Waals surface area contributed by atoms with Crippen LogP contribution in [0.5, 0.6) is 0 Å². The van der Waals surface area contributed by atoms with E-state index >= 15 is 0 Å². The van der Waals surface area contributed by atoms with Crippen molar-refractivity contribution in [2.45, 2.75) is 12.8 Å². The highest BCUT2D eigenvalue weighted by atomic mass is 35.5. The third-order valence-corrected chi connectivity index (χ3v) is 5.28. The average Bonchev–Trinajstić information content (AvgIpc) is 2.56. The van der Waals surface area contributed by atoms with Crippen molar-refractivity contribution in [1.29, 1.82) is 0 Å². The van der Waals surface area contributed by atoms with Crippen LogP contribution in [-0.4, -0.2) is 27.1 Å². The summed E-state index contributed by atoms with van der Waals surface area (Å²) in [6, 6.07) is 7.42. The van der Waals surface area contributed by atoms with Crippen molar-refractivity contribution in [2.75, 3.05) is 22.4 Å². The minimum Gasteiger partial charge on any atom is -0.326 e. The molecule has 2 rings (SSSR count). The van der Waals surface area contributed by atoms with Gasteiger partial charge in [0.05, 0.1) is 17.0 Å². The van der Waals surface area contributed by atoms with Gasteiger partial charge in [0.1, 0.15) is 0 Å². The van der Waals surface area contributed by atoms with Crippen molar-refractivity contribution >= 4 is 50.5 Å². The lowest BCUT2D eigenvalue weighted by Crippen LogP contribution is -2.31. The second kappa shape index (κ2) is 8.86. The summed E-state index contributed by atoms with van der Waals surface area (Å²) in [4.78, 5) is 12.0. The number of rotatable bonds is 7. The highest BCUT2D eigenvalue weighted by Crippen LogP contribution is 2.30. The summed E-state index contributed by atoms with van der Waals surface area (Å²) in [5, 5.41) is 2.95. The van der Waals surface area contributed by atoms with Crippen molar-refractivity contribution in [3.8, 4) is 0 Å². The second-order valence-corrected chi connectivity index (χ2v) is 8.46. The molecule has 0 saturated carbocycles. The number of benzene rings is 2. The first-order valence-electron chi connectivity index (χ1n) is 7.75. The maximum absolute atomic E-state index is 13.2. The van der Waals surface area contributed by atoms with Gasteiger partial charge >= 0.3 is 0 Å². The Morgan fingerprint density at radius 3 is 2.44 bits per heavy atom. The smallest absolute Gasteiger partial charge is 0.232 e. The molecular weight excluding hydrogens is 421 g/mol. The fraction of sp³-hybridized carbons (Fsp3) is 0.235. The lowest BCUT2D eigenvalue weighted by Gasteiger charge is -2.23. The van der Waals surface area contributed by atoms with Gasteiger partial charge in [-0.25, -0.2) is 17.2 Å².